The third kappa shape index (κ3) is 4.82. The number of hydrogen-bond donors (Lipinski definition) is 1. The summed E-state index contributed by atoms with van der Waals surface area (Å²) in [4.78, 5) is 13.7. The molecule has 2 rings (SSSR count). The number of likely N-dealkylation sites (N-methyl/N-ethyl adjacent to an activating group) is 1. The van der Waals surface area contributed by atoms with Crippen LogP contribution in [0.25, 0.3) is 6.08 Å². The predicted octanol–water partition coefficient (Wildman–Crippen LogP) is 2.03. The summed E-state index contributed by atoms with van der Waals surface area (Å²) < 4.78 is 5.49. The molecule has 0 saturated heterocycles. The van der Waals surface area contributed by atoms with Crippen molar-refractivity contribution in [2.24, 2.45) is 0 Å². The standard InChI is InChI=1S/C16H15GeNO4/c1-18(15-10-8-14(9-11-15)17-21-22-20)16(19)12-7-13-5-3-2-4-6-13/h2-12,20H,1H3. The van der Waals surface area contributed by atoms with Crippen LogP contribution in [0.3, 0.4) is 0 Å². The van der Waals surface area contributed by atoms with Gasteiger partial charge in [-0.1, -0.05) is 0 Å². The Morgan fingerprint density at radius 1 is 1.14 bits per heavy atom. The van der Waals surface area contributed by atoms with Gasteiger partial charge in [0.1, 0.15) is 0 Å². The average molecular weight is 358 g/mol. The van der Waals surface area contributed by atoms with Gasteiger partial charge in [0.2, 0.25) is 0 Å². The number of hydrogen-bond acceptors (Lipinski definition) is 4. The van der Waals surface area contributed by atoms with Crippen molar-refractivity contribution < 1.29 is 19.0 Å². The van der Waals surface area contributed by atoms with Crippen molar-refractivity contribution in [3.05, 3.63) is 66.2 Å². The molecule has 0 fully saturated rings. The fraction of sp³-hybridized carbons (Fsp3) is 0.0625. The molecule has 0 aliphatic carbocycles. The van der Waals surface area contributed by atoms with Gasteiger partial charge in [0.25, 0.3) is 0 Å². The Labute approximate surface area is 135 Å². The number of benzene rings is 2. The first kappa shape index (κ1) is 16.4. The summed E-state index contributed by atoms with van der Waals surface area (Å²) in [6.45, 7) is 0. The van der Waals surface area contributed by atoms with Crippen molar-refractivity contribution in [1.82, 2.24) is 0 Å². The first-order valence-corrected chi connectivity index (χ1v) is 8.45. The Morgan fingerprint density at radius 2 is 1.82 bits per heavy atom. The van der Waals surface area contributed by atoms with E-state index >= 15 is 0 Å². The topological polar surface area (TPSA) is 59.0 Å². The first-order chi connectivity index (χ1) is 10.7. The van der Waals surface area contributed by atoms with Crippen LogP contribution in [0.2, 0.25) is 0 Å². The summed E-state index contributed by atoms with van der Waals surface area (Å²) in [5, 5.41) is 11.8. The molecule has 0 heterocycles. The molecule has 0 atom stereocenters. The van der Waals surface area contributed by atoms with Crippen LogP contribution in [0.5, 0.6) is 0 Å². The molecule has 2 aromatic rings. The molecule has 2 radical (unpaired) electrons. The van der Waals surface area contributed by atoms with Crippen molar-refractivity contribution >= 4 is 37.8 Å². The van der Waals surface area contributed by atoms with Crippen molar-refractivity contribution in [2.75, 3.05) is 11.9 Å². The Morgan fingerprint density at radius 3 is 2.45 bits per heavy atom. The summed E-state index contributed by atoms with van der Waals surface area (Å²) in [5.41, 5.74) is 1.76. The summed E-state index contributed by atoms with van der Waals surface area (Å²) in [7, 11) is 1.72. The minimum atomic E-state index is -0.982. The quantitative estimate of drug-likeness (QED) is 0.372. The van der Waals surface area contributed by atoms with Gasteiger partial charge in [-0.15, -0.1) is 0 Å². The molecular formula is C16H15GeNO4. The summed E-state index contributed by atoms with van der Waals surface area (Å²) in [6, 6.07) is 17.0. The van der Waals surface area contributed by atoms with Crippen LogP contribution in [0.15, 0.2) is 60.7 Å². The summed E-state index contributed by atoms with van der Waals surface area (Å²) in [5.74, 6) is -0.109. The fourth-order valence-electron chi connectivity index (χ4n) is 1.79. The van der Waals surface area contributed by atoms with Crippen LogP contribution in [-0.2, 0) is 13.7 Å². The molecule has 5 nitrogen and oxygen atoms in total. The van der Waals surface area contributed by atoms with Gasteiger partial charge in [-0.05, 0) is 0 Å². The van der Waals surface area contributed by atoms with E-state index in [0.717, 1.165) is 15.6 Å². The van der Waals surface area contributed by atoms with Crippen LogP contribution in [0, 0.1) is 0 Å². The molecule has 22 heavy (non-hydrogen) atoms. The molecule has 0 aromatic heterocycles. The van der Waals surface area contributed by atoms with E-state index in [1.165, 1.54) is 0 Å². The van der Waals surface area contributed by atoms with Crippen molar-refractivity contribution in [1.29, 1.82) is 0 Å². The van der Waals surface area contributed by atoms with E-state index in [0.29, 0.717) is 0 Å². The molecule has 2 aromatic carbocycles. The monoisotopic (exact) mass is 359 g/mol. The second-order valence-electron chi connectivity index (χ2n) is 4.45. The Bertz CT molecular complexity index is 628. The second kappa shape index (κ2) is 8.50. The molecule has 1 amide bonds. The average Bonchev–Trinajstić information content (AvgIpc) is 2.58. The number of carbonyl (C=O) groups is 1. The number of anilines is 1. The van der Waals surface area contributed by atoms with E-state index < -0.39 is 15.8 Å². The van der Waals surface area contributed by atoms with Gasteiger partial charge in [-0.3, -0.25) is 0 Å². The number of nitrogens with zero attached hydrogens (tertiary/aromatic N) is 1. The maximum atomic E-state index is 12.1. The number of carbonyl (C=O) groups excluding carboxylic acids is 1. The molecular weight excluding hydrogens is 343 g/mol. The molecule has 0 unspecified atom stereocenters. The van der Waals surface area contributed by atoms with E-state index in [4.69, 9.17) is 5.26 Å². The molecule has 0 aliphatic rings. The predicted molar refractivity (Wildman–Crippen MR) is 85.5 cm³/mol. The molecule has 112 valence electrons. The zero-order valence-electron chi connectivity index (χ0n) is 12.0. The zero-order valence-corrected chi connectivity index (χ0v) is 14.1. The number of amides is 1. The van der Waals surface area contributed by atoms with Gasteiger partial charge in [0.15, 0.2) is 0 Å². The van der Waals surface area contributed by atoms with Gasteiger partial charge in [-0.25, -0.2) is 0 Å². The molecule has 1 N–H and O–H groups in total. The Balaban J connectivity index is 1.99. The van der Waals surface area contributed by atoms with Crippen LogP contribution in [-0.4, -0.2) is 34.0 Å². The molecule has 0 bridgehead atoms. The van der Waals surface area contributed by atoms with Gasteiger partial charge in [0, 0.05) is 0 Å². The Hall–Kier alpha value is -1.93. The van der Waals surface area contributed by atoms with Gasteiger partial charge >= 0.3 is 135 Å². The van der Waals surface area contributed by atoms with Crippen molar-refractivity contribution in [3.8, 4) is 0 Å². The van der Waals surface area contributed by atoms with Gasteiger partial charge in [-0.2, -0.15) is 0 Å². The molecule has 6 heteroatoms. The van der Waals surface area contributed by atoms with Crippen molar-refractivity contribution in [2.45, 2.75) is 0 Å². The van der Waals surface area contributed by atoms with E-state index in [2.05, 4.69) is 8.95 Å². The maximum absolute atomic E-state index is 12.1. The van der Waals surface area contributed by atoms with Gasteiger partial charge < -0.3 is 0 Å². The molecule has 0 saturated carbocycles. The second-order valence-corrected chi connectivity index (χ2v) is 6.44. The van der Waals surface area contributed by atoms with Crippen LogP contribution in [0.1, 0.15) is 5.56 Å². The molecule has 0 aliphatic heterocycles. The zero-order chi connectivity index (χ0) is 15.8. The third-order valence-electron chi connectivity index (χ3n) is 3.00. The van der Waals surface area contributed by atoms with Gasteiger partial charge in [0.05, 0.1) is 0 Å². The summed E-state index contributed by atoms with van der Waals surface area (Å²) >= 11 is -0.982. The first-order valence-electron chi connectivity index (χ1n) is 6.54. The SMILES string of the molecule is CN(C(=O)C=Cc1ccccc1)c1cc[c]([Ge][O]OO)cc1. The van der Waals surface area contributed by atoms with E-state index in [9.17, 15) is 4.79 Å². The minimum absolute atomic E-state index is 0.109. The van der Waals surface area contributed by atoms with Crippen LogP contribution in [0.4, 0.5) is 5.69 Å². The van der Waals surface area contributed by atoms with E-state index in [1.54, 1.807) is 24.1 Å². The van der Waals surface area contributed by atoms with Crippen LogP contribution >= 0.6 is 0 Å². The third-order valence-corrected chi connectivity index (χ3v) is 4.53. The molecule has 0 spiro atoms. The van der Waals surface area contributed by atoms with Crippen LogP contribution < -0.4 is 9.30 Å². The van der Waals surface area contributed by atoms with E-state index in [-0.39, 0.29) is 5.91 Å². The van der Waals surface area contributed by atoms with Crippen molar-refractivity contribution in [3.63, 3.8) is 0 Å². The fourth-order valence-corrected chi connectivity index (χ4v) is 2.71. The number of rotatable bonds is 6. The Kier molecular flexibility index (Phi) is 6.35. The van der Waals surface area contributed by atoms with E-state index in [1.807, 2.05) is 54.6 Å². The summed E-state index contributed by atoms with van der Waals surface area (Å²) in [6.07, 6.45) is 3.33. The normalized spacial score (nSPS) is 10.8.